The maximum atomic E-state index is 12.2. The summed E-state index contributed by atoms with van der Waals surface area (Å²) in [5.41, 5.74) is -1.19. The Kier molecular flexibility index (Phi) is 17.9. The summed E-state index contributed by atoms with van der Waals surface area (Å²) < 4.78 is 29.2. The Hall–Kier alpha value is -1.29. The Balaban J connectivity index is 1.34. The van der Waals surface area contributed by atoms with Crippen LogP contribution in [0.25, 0.3) is 0 Å². The summed E-state index contributed by atoms with van der Waals surface area (Å²) >= 11 is 0. The number of nitrogens with one attached hydrogen (secondary N) is 1. The molecule has 39 heavy (non-hydrogen) atoms. The standard InChI is InChI=1S/C28H51N2O8P/c31-23-26(22-30-18-17-27(32)29-28(30)33)37-24-39(34,35)38-21-13-20-36-19-12-10-8-6-4-2-1-3-5-7-9-11-14-25-15-16-25/h17-18,25-26,31H,1-16,19-24H2,(H,34,35)(H,29,32,33)/t26-/m0/s1. The van der Waals surface area contributed by atoms with Crippen LogP contribution in [0.4, 0.5) is 0 Å². The number of aromatic nitrogens is 2. The summed E-state index contributed by atoms with van der Waals surface area (Å²) in [5.74, 6) is 1.09. The number of H-pyrrole nitrogens is 1. The second-order valence-corrected chi connectivity index (χ2v) is 12.6. The molecular formula is C28H51N2O8P. The smallest absolute Gasteiger partial charge is 0.353 e. The van der Waals surface area contributed by atoms with Crippen molar-refractivity contribution in [2.75, 3.05) is 32.8 Å². The molecule has 0 aliphatic heterocycles. The van der Waals surface area contributed by atoms with Gasteiger partial charge in [0.25, 0.3) is 5.56 Å². The SMILES string of the molecule is O=c1ccn(C[C@@H](CO)OCP(=O)(O)OCCCOCCCCCCCCCCCCCCC2CC2)c(=O)[nH]1. The van der Waals surface area contributed by atoms with Gasteiger partial charge < -0.3 is 24.0 Å². The van der Waals surface area contributed by atoms with Gasteiger partial charge in [0, 0.05) is 25.5 Å². The lowest BCUT2D eigenvalue weighted by atomic mass is 10.0. The molecule has 1 aliphatic rings. The van der Waals surface area contributed by atoms with Gasteiger partial charge in [-0.2, -0.15) is 0 Å². The first-order valence-corrected chi connectivity index (χ1v) is 16.7. The molecule has 0 spiro atoms. The van der Waals surface area contributed by atoms with Crippen molar-refractivity contribution in [3.05, 3.63) is 33.1 Å². The van der Waals surface area contributed by atoms with Gasteiger partial charge in [0.2, 0.25) is 0 Å². The van der Waals surface area contributed by atoms with Gasteiger partial charge in [0.05, 0.1) is 25.9 Å². The van der Waals surface area contributed by atoms with Gasteiger partial charge in [-0.25, -0.2) is 4.79 Å². The van der Waals surface area contributed by atoms with E-state index in [-0.39, 0.29) is 13.2 Å². The molecule has 1 aromatic heterocycles. The quantitative estimate of drug-likeness (QED) is 0.104. The second-order valence-electron chi connectivity index (χ2n) is 10.8. The lowest BCUT2D eigenvalue weighted by molar-refractivity contribution is 0.0162. The van der Waals surface area contributed by atoms with Crippen molar-refractivity contribution in [3.63, 3.8) is 0 Å². The van der Waals surface area contributed by atoms with Crippen molar-refractivity contribution in [2.45, 2.75) is 115 Å². The maximum Gasteiger partial charge on any atom is 0.353 e. The third kappa shape index (κ3) is 17.9. The number of rotatable bonds is 26. The molecule has 0 amide bonds. The molecule has 1 aromatic rings. The van der Waals surface area contributed by atoms with Gasteiger partial charge in [-0.05, 0) is 18.8 Å². The largest absolute Gasteiger partial charge is 0.394 e. The lowest BCUT2D eigenvalue weighted by Gasteiger charge is -2.19. The van der Waals surface area contributed by atoms with E-state index >= 15 is 0 Å². The van der Waals surface area contributed by atoms with E-state index in [1.807, 2.05) is 0 Å². The number of aromatic amines is 1. The highest BCUT2D eigenvalue weighted by Crippen LogP contribution is 2.42. The van der Waals surface area contributed by atoms with E-state index in [4.69, 9.17) is 14.0 Å². The zero-order chi connectivity index (χ0) is 28.2. The van der Waals surface area contributed by atoms with Crippen molar-refractivity contribution in [1.82, 2.24) is 9.55 Å². The van der Waals surface area contributed by atoms with E-state index in [0.717, 1.165) is 23.3 Å². The molecule has 0 radical (unpaired) electrons. The molecule has 0 aromatic carbocycles. The molecule has 226 valence electrons. The van der Waals surface area contributed by atoms with Crippen molar-refractivity contribution in [1.29, 1.82) is 0 Å². The second kappa shape index (κ2) is 20.6. The number of nitrogens with zero attached hydrogens (tertiary/aromatic N) is 1. The average molecular weight is 575 g/mol. The van der Waals surface area contributed by atoms with Crippen LogP contribution in [0.2, 0.25) is 0 Å². The van der Waals surface area contributed by atoms with Gasteiger partial charge in [0.1, 0.15) is 6.35 Å². The summed E-state index contributed by atoms with van der Waals surface area (Å²) in [6.45, 7) is 0.638. The molecule has 2 atom stereocenters. The first-order chi connectivity index (χ1) is 18.9. The molecular weight excluding hydrogens is 523 g/mol. The zero-order valence-electron chi connectivity index (χ0n) is 23.6. The van der Waals surface area contributed by atoms with Crippen molar-refractivity contribution >= 4 is 7.60 Å². The fourth-order valence-electron chi connectivity index (χ4n) is 4.49. The predicted octanol–water partition coefficient (Wildman–Crippen LogP) is 4.96. The van der Waals surface area contributed by atoms with Crippen LogP contribution in [-0.2, 0) is 25.1 Å². The van der Waals surface area contributed by atoms with Crippen molar-refractivity contribution in [2.24, 2.45) is 5.92 Å². The summed E-state index contributed by atoms with van der Waals surface area (Å²) in [5, 5.41) is 9.44. The Morgan fingerprint density at radius 1 is 0.897 bits per heavy atom. The minimum absolute atomic E-state index is 0.0563. The fourth-order valence-corrected chi connectivity index (χ4v) is 5.38. The molecule has 10 nitrogen and oxygen atoms in total. The van der Waals surface area contributed by atoms with Crippen molar-refractivity contribution in [3.8, 4) is 0 Å². The van der Waals surface area contributed by atoms with Gasteiger partial charge in [-0.3, -0.25) is 18.9 Å². The third-order valence-electron chi connectivity index (χ3n) is 7.05. The van der Waals surface area contributed by atoms with E-state index in [1.165, 1.54) is 95.7 Å². The van der Waals surface area contributed by atoms with Crippen LogP contribution in [0.1, 0.15) is 103 Å². The topological polar surface area (TPSA) is 140 Å². The van der Waals surface area contributed by atoms with Crippen LogP contribution in [0.3, 0.4) is 0 Å². The fraction of sp³-hybridized carbons (Fsp3) is 0.857. The normalized spacial score (nSPS) is 15.8. The highest BCUT2D eigenvalue weighted by Gasteiger charge is 2.23. The number of hydrogen-bond acceptors (Lipinski definition) is 7. The predicted molar refractivity (Wildman–Crippen MR) is 152 cm³/mol. The molecule has 11 heteroatoms. The minimum Gasteiger partial charge on any atom is -0.394 e. The van der Waals surface area contributed by atoms with E-state index in [1.54, 1.807) is 0 Å². The molecule has 1 saturated carbocycles. The van der Waals surface area contributed by atoms with Crippen LogP contribution in [0.5, 0.6) is 0 Å². The van der Waals surface area contributed by atoms with Crippen LogP contribution in [0.15, 0.2) is 21.9 Å². The summed E-state index contributed by atoms with van der Waals surface area (Å²) in [4.78, 5) is 34.9. The van der Waals surface area contributed by atoms with E-state index < -0.39 is 37.9 Å². The van der Waals surface area contributed by atoms with Crippen LogP contribution >= 0.6 is 7.60 Å². The first-order valence-electron chi connectivity index (χ1n) is 15.0. The highest BCUT2D eigenvalue weighted by atomic mass is 31.2. The summed E-state index contributed by atoms with van der Waals surface area (Å²) in [6, 6.07) is 1.17. The van der Waals surface area contributed by atoms with Crippen LogP contribution in [0, 0.1) is 5.92 Å². The number of aliphatic hydroxyl groups is 1. The van der Waals surface area contributed by atoms with Crippen LogP contribution < -0.4 is 11.2 Å². The Labute approximate surface area is 233 Å². The van der Waals surface area contributed by atoms with E-state index in [0.29, 0.717) is 19.6 Å². The minimum atomic E-state index is -4.01. The number of hydrogen-bond donors (Lipinski definition) is 3. The number of ether oxygens (including phenoxy) is 2. The molecule has 0 saturated heterocycles. The number of aliphatic hydroxyl groups excluding tert-OH is 1. The van der Waals surface area contributed by atoms with Gasteiger partial charge in [0.15, 0.2) is 0 Å². The monoisotopic (exact) mass is 574 g/mol. The molecule has 1 fully saturated rings. The Morgan fingerprint density at radius 3 is 2.08 bits per heavy atom. The van der Waals surface area contributed by atoms with Crippen molar-refractivity contribution < 1.29 is 28.6 Å². The zero-order valence-corrected chi connectivity index (χ0v) is 24.5. The Morgan fingerprint density at radius 2 is 1.49 bits per heavy atom. The number of unbranched alkanes of at least 4 members (excludes halogenated alkanes) is 11. The van der Waals surface area contributed by atoms with Gasteiger partial charge in [-0.15, -0.1) is 0 Å². The van der Waals surface area contributed by atoms with E-state index in [2.05, 4.69) is 4.98 Å². The van der Waals surface area contributed by atoms with Gasteiger partial charge >= 0.3 is 13.3 Å². The molecule has 1 heterocycles. The average Bonchev–Trinajstić information content (AvgIpc) is 3.73. The lowest BCUT2D eigenvalue weighted by Crippen LogP contribution is -2.34. The molecule has 0 bridgehead atoms. The summed E-state index contributed by atoms with van der Waals surface area (Å²) in [6.07, 6.45) is 20.6. The molecule has 3 N–H and O–H groups in total. The van der Waals surface area contributed by atoms with Gasteiger partial charge in [-0.1, -0.05) is 89.9 Å². The Bertz CT molecular complexity index is 917. The molecule has 1 aliphatic carbocycles. The highest BCUT2D eigenvalue weighted by molar-refractivity contribution is 7.52. The van der Waals surface area contributed by atoms with E-state index in [9.17, 15) is 24.2 Å². The molecule has 1 unspecified atom stereocenters. The third-order valence-corrected chi connectivity index (χ3v) is 8.11. The first kappa shape index (κ1) is 33.9. The molecule has 2 rings (SSSR count). The summed E-state index contributed by atoms with van der Waals surface area (Å²) in [7, 11) is -4.01. The van der Waals surface area contributed by atoms with Crippen LogP contribution in [-0.4, -0.2) is 58.4 Å². The maximum absolute atomic E-state index is 12.2.